The Balaban J connectivity index is 2.13. The molecular weight excluding hydrogens is 204 g/mol. The Hall–Kier alpha value is 0.0300. The highest BCUT2D eigenvalue weighted by Crippen LogP contribution is 2.24. The Morgan fingerprint density at radius 2 is 2.00 bits per heavy atom. The van der Waals surface area contributed by atoms with Gasteiger partial charge in [0.15, 0.2) is 0 Å². The van der Waals surface area contributed by atoms with E-state index in [1.165, 1.54) is 64.2 Å². The fourth-order valence-corrected chi connectivity index (χ4v) is 2.61. The maximum absolute atomic E-state index is 6.20. The zero-order valence-electron chi connectivity index (χ0n) is 10.1. The molecule has 1 atom stereocenters. The van der Waals surface area contributed by atoms with Crippen LogP contribution in [0.1, 0.15) is 71.1 Å². The molecular formula is C14H25Cl. The van der Waals surface area contributed by atoms with Gasteiger partial charge in [-0.3, -0.25) is 0 Å². The predicted molar refractivity (Wildman–Crippen MR) is 69.6 cm³/mol. The van der Waals surface area contributed by atoms with E-state index < -0.39 is 0 Å². The number of hydrogen-bond donors (Lipinski definition) is 0. The standard InChI is InChI=1S/C14H25Cl/c1-2-3-4-5-6-9-13-10-7-8-11-14(15)12-13/h12,14H,2-11H2,1H3. The van der Waals surface area contributed by atoms with Gasteiger partial charge < -0.3 is 0 Å². The molecule has 0 aliphatic heterocycles. The summed E-state index contributed by atoms with van der Waals surface area (Å²) in [4.78, 5) is 0. The average Bonchev–Trinajstić information content (AvgIpc) is 2.43. The molecule has 1 aliphatic carbocycles. The van der Waals surface area contributed by atoms with Gasteiger partial charge in [0, 0.05) is 0 Å². The summed E-state index contributed by atoms with van der Waals surface area (Å²) in [6.45, 7) is 2.27. The van der Waals surface area contributed by atoms with E-state index >= 15 is 0 Å². The van der Waals surface area contributed by atoms with E-state index in [0.717, 1.165) is 0 Å². The Morgan fingerprint density at radius 3 is 2.80 bits per heavy atom. The quantitative estimate of drug-likeness (QED) is 0.322. The highest BCUT2D eigenvalue weighted by atomic mass is 35.5. The number of hydrogen-bond acceptors (Lipinski definition) is 0. The summed E-state index contributed by atoms with van der Waals surface area (Å²) in [5.74, 6) is 0. The maximum atomic E-state index is 6.20. The normalized spacial score (nSPS) is 22.3. The molecule has 1 unspecified atom stereocenters. The van der Waals surface area contributed by atoms with Gasteiger partial charge in [0.05, 0.1) is 5.38 Å². The molecule has 0 aromatic carbocycles. The highest BCUT2D eigenvalue weighted by molar-refractivity contribution is 6.21. The molecule has 88 valence electrons. The van der Waals surface area contributed by atoms with E-state index in [0.29, 0.717) is 5.38 Å². The van der Waals surface area contributed by atoms with E-state index in [4.69, 9.17) is 11.6 Å². The molecule has 1 heteroatoms. The van der Waals surface area contributed by atoms with Gasteiger partial charge in [-0.1, -0.05) is 50.7 Å². The van der Waals surface area contributed by atoms with E-state index in [9.17, 15) is 0 Å². The first-order chi connectivity index (χ1) is 7.33. The third-order valence-corrected chi connectivity index (χ3v) is 3.59. The number of unbranched alkanes of at least 4 members (excludes halogenated alkanes) is 4. The van der Waals surface area contributed by atoms with Gasteiger partial charge >= 0.3 is 0 Å². The largest absolute Gasteiger partial charge is 0.118 e. The van der Waals surface area contributed by atoms with Crippen LogP contribution in [0, 0.1) is 0 Å². The molecule has 0 saturated carbocycles. The third kappa shape index (κ3) is 6.25. The molecule has 0 N–H and O–H groups in total. The fraction of sp³-hybridized carbons (Fsp3) is 0.857. The second kappa shape index (κ2) is 8.21. The number of allylic oxidation sites excluding steroid dienone is 2. The van der Waals surface area contributed by atoms with Crippen molar-refractivity contribution in [2.24, 2.45) is 0 Å². The molecule has 0 amide bonds. The minimum absolute atomic E-state index is 0.318. The molecule has 0 fully saturated rings. The molecule has 0 aromatic heterocycles. The summed E-state index contributed by atoms with van der Waals surface area (Å²) in [5, 5.41) is 0.318. The number of rotatable bonds is 6. The maximum Gasteiger partial charge on any atom is 0.0518 e. The van der Waals surface area contributed by atoms with Crippen LogP contribution in [0.4, 0.5) is 0 Å². The monoisotopic (exact) mass is 228 g/mol. The van der Waals surface area contributed by atoms with Crippen molar-refractivity contribution in [2.75, 3.05) is 0 Å². The first-order valence-electron chi connectivity index (χ1n) is 6.66. The van der Waals surface area contributed by atoms with Gasteiger partial charge in [-0.2, -0.15) is 0 Å². The molecule has 0 nitrogen and oxygen atoms in total. The Labute approximate surface area is 100 Å². The van der Waals surface area contributed by atoms with Crippen LogP contribution in [0.2, 0.25) is 0 Å². The van der Waals surface area contributed by atoms with Crippen LogP contribution in [-0.2, 0) is 0 Å². The lowest BCUT2D eigenvalue weighted by molar-refractivity contribution is 0.620. The van der Waals surface area contributed by atoms with Crippen molar-refractivity contribution in [1.29, 1.82) is 0 Å². The molecule has 1 rings (SSSR count). The number of halogens is 1. The van der Waals surface area contributed by atoms with Gasteiger partial charge in [-0.15, -0.1) is 11.6 Å². The Bertz CT molecular complexity index is 184. The van der Waals surface area contributed by atoms with E-state index in [1.807, 2.05) is 0 Å². The van der Waals surface area contributed by atoms with Crippen molar-refractivity contribution in [1.82, 2.24) is 0 Å². The van der Waals surface area contributed by atoms with Crippen LogP contribution in [-0.4, -0.2) is 5.38 Å². The van der Waals surface area contributed by atoms with E-state index in [1.54, 1.807) is 5.57 Å². The summed E-state index contributed by atoms with van der Waals surface area (Å²) in [7, 11) is 0. The molecule has 0 spiro atoms. The van der Waals surface area contributed by atoms with Crippen LogP contribution in [0.3, 0.4) is 0 Å². The van der Waals surface area contributed by atoms with Crippen molar-refractivity contribution in [3.05, 3.63) is 11.6 Å². The molecule has 0 saturated heterocycles. The third-order valence-electron chi connectivity index (χ3n) is 3.25. The minimum Gasteiger partial charge on any atom is -0.118 e. The van der Waals surface area contributed by atoms with Gasteiger partial charge in [0.1, 0.15) is 0 Å². The molecule has 0 aromatic rings. The second-order valence-electron chi connectivity index (χ2n) is 4.75. The van der Waals surface area contributed by atoms with Gasteiger partial charge in [-0.25, -0.2) is 0 Å². The van der Waals surface area contributed by atoms with Crippen LogP contribution >= 0.6 is 11.6 Å². The van der Waals surface area contributed by atoms with Crippen molar-refractivity contribution in [3.63, 3.8) is 0 Å². The Morgan fingerprint density at radius 1 is 1.20 bits per heavy atom. The topological polar surface area (TPSA) is 0 Å². The highest BCUT2D eigenvalue weighted by Gasteiger charge is 2.08. The first-order valence-corrected chi connectivity index (χ1v) is 7.10. The zero-order valence-corrected chi connectivity index (χ0v) is 10.9. The molecule has 0 bridgehead atoms. The summed E-state index contributed by atoms with van der Waals surface area (Å²) >= 11 is 6.20. The summed E-state index contributed by atoms with van der Waals surface area (Å²) < 4.78 is 0. The van der Waals surface area contributed by atoms with Crippen molar-refractivity contribution >= 4 is 11.6 Å². The van der Waals surface area contributed by atoms with Crippen LogP contribution in [0.15, 0.2) is 11.6 Å². The van der Waals surface area contributed by atoms with Crippen LogP contribution < -0.4 is 0 Å². The fourth-order valence-electron chi connectivity index (χ4n) is 2.28. The average molecular weight is 229 g/mol. The summed E-state index contributed by atoms with van der Waals surface area (Å²) in [5.41, 5.74) is 1.63. The van der Waals surface area contributed by atoms with Crippen LogP contribution in [0.25, 0.3) is 0 Å². The lowest BCUT2D eigenvalue weighted by Crippen LogP contribution is -1.91. The Kier molecular flexibility index (Phi) is 7.17. The van der Waals surface area contributed by atoms with E-state index in [-0.39, 0.29) is 0 Å². The van der Waals surface area contributed by atoms with Crippen molar-refractivity contribution in [3.8, 4) is 0 Å². The van der Waals surface area contributed by atoms with Gasteiger partial charge in [0.25, 0.3) is 0 Å². The summed E-state index contributed by atoms with van der Waals surface area (Å²) in [6, 6.07) is 0. The number of alkyl halides is 1. The second-order valence-corrected chi connectivity index (χ2v) is 5.31. The molecule has 0 radical (unpaired) electrons. The smallest absolute Gasteiger partial charge is 0.0518 e. The van der Waals surface area contributed by atoms with Gasteiger partial charge in [0.2, 0.25) is 0 Å². The molecule has 0 heterocycles. The zero-order chi connectivity index (χ0) is 10.9. The SMILES string of the molecule is CCCCCCCC1=CC(Cl)CCCC1. The summed E-state index contributed by atoms with van der Waals surface area (Å²) in [6.07, 6.45) is 15.7. The lowest BCUT2D eigenvalue weighted by atomic mass is 10.0. The van der Waals surface area contributed by atoms with Gasteiger partial charge in [-0.05, 0) is 32.1 Å². The predicted octanol–water partition coefficient (Wildman–Crippen LogP) is 5.45. The molecule has 1 aliphatic rings. The first kappa shape index (κ1) is 13.1. The lowest BCUT2D eigenvalue weighted by Gasteiger charge is -2.05. The minimum atomic E-state index is 0.318. The van der Waals surface area contributed by atoms with Crippen molar-refractivity contribution in [2.45, 2.75) is 76.5 Å². The van der Waals surface area contributed by atoms with E-state index in [2.05, 4.69) is 13.0 Å². The van der Waals surface area contributed by atoms with Crippen LogP contribution in [0.5, 0.6) is 0 Å². The molecule has 15 heavy (non-hydrogen) atoms. The van der Waals surface area contributed by atoms with Crippen molar-refractivity contribution < 1.29 is 0 Å².